The van der Waals surface area contributed by atoms with E-state index in [-0.39, 0.29) is 21.5 Å². The maximum absolute atomic E-state index is 12.6. The van der Waals surface area contributed by atoms with Crippen molar-refractivity contribution in [1.82, 2.24) is 4.90 Å². The molecule has 0 radical (unpaired) electrons. The first-order valence-corrected chi connectivity index (χ1v) is 9.56. The Bertz CT molecular complexity index is 962. The SMILES string of the molecule is COc1ccc(S(=O)(=O)Nc2ccc3c(c2)C(=O)N(C)CCO3)cc1Cl. The zero-order valence-electron chi connectivity index (χ0n) is 14.2. The summed E-state index contributed by atoms with van der Waals surface area (Å²) in [6.07, 6.45) is 0. The molecule has 2 aromatic rings. The fraction of sp³-hybridized carbons (Fsp3) is 0.235. The first kappa shape index (κ1) is 18.3. The van der Waals surface area contributed by atoms with Crippen LogP contribution in [0.15, 0.2) is 41.3 Å². The number of hydrogen-bond donors (Lipinski definition) is 1. The Morgan fingerprint density at radius 3 is 2.69 bits per heavy atom. The average molecular weight is 397 g/mol. The van der Waals surface area contributed by atoms with Gasteiger partial charge in [0.1, 0.15) is 18.1 Å². The third-order valence-electron chi connectivity index (χ3n) is 3.93. The number of ether oxygens (including phenoxy) is 2. The highest BCUT2D eigenvalue weighted by Crippen LogP contribution is 2.30. The standard InChI is InChI=1S/C17H17ClN2O5S/c1-20-7-8-25-15-5-3-11(9-13(15)17(20)21)19-26(22,23)12-4-6-16(24-2)14(18)10-12/h3-6,9-10,19H,7-8H2,1-2H3. The number of fused-ring (bicyclic) bond motifs is 1. The number of nitrogens with one attached hydrogen (secondary N) is 1. The molecule has 2 aromatic carbocycles. The smallest absolute Gasteiger partial charge is 0.261 e. The van der Waals surface area contributed by atoms with Crippen molar-refractivity contribution in [2.45, 2.75) is 4.90 Å². The molecule has 0 unspecified atom stereocenters. The maximum Gasteiger partial charge on any atom is 0.261 e. The molecule has 1 N–H and O–H groups in total. The number of carbonyl (C=O) groups is 1. The number of amides is 1. The number of nitrogens with zero attached hydrogens (tertiary/aromatic N) is 1. The molecule has 0 bridgehead atoms. The summed E-state index contributed by atoms with van der Waals surface area (Å²) in [7, 11) is -0.776. The van der Waals surface area contributed by atoms with E-state index in [1.165, 1.54) is 36.3 Å². The number of hydrogen-bond acceptors (Lipinski definition) is 5. The van der Waals surface area contributed by atoms with Crippen molar-refractivity contribution in [3.8, 4) is 11.5 Å². The number of sulfonamides is 1. The fourth-order valence-corrected chi connectivity index (χ4v) is 3.91. The molecule has 1 heterocycles. The van der Waals surface area contributed by atoms with Crippen molar-refractivity contribution in [3.63, 3.8) is 0 Å². The molecular weight excluding hydrogens is 380 g/mol. The van der Waals surface area contributed by atoms with Gasteiger partial charge in [0.15, 0.2) is 0 Å². The predicted octanol–water partition coefficient (Wildman–Crippen LogP) is 2.61. The van der Waals surface area contributed by atoms with Crippen LogP contribution in [0.1, 0.15) is 10.4 Å². The summed E-state index contributed by atoms with van der Waals surface area (Å²) in [6.45, 7) is 0.837. The molecule has 1 aliphatic heterocycles. The van der Waals surface area contributed by atoms with E-state index in [2.05, 4.69) is 4.72 Å². The van der Waals surface area contributed by atoms with E-state index in [1.54, 1.807) is 19.2 Å². The number of rotatable bonds is 4. The molecule has 0 aromatic heterocycles. The molecule has 7 nitrogen and oxygen atoms in total. The highest BCUT2D eigenvalue weighted by atomic mass is 35.5. The van der Waals surface area contributed by atoms with E-state index in [4.69, 9.17) is 21.1 Å². The van der Waals surface area contributed by atoms with Crippen LogP contribution in [0, 0.1) is 0 Å². The highest BCUT2D eigenvalue weighted by molar-refractivity contribution is 7.92. The summed E-state index contributed by atoms with van der Waals surface area (Å²) >= 11 is 6.00. The Labute approximate surface area is 156 Å². The minimum absolute atomic E-state index is 0.0158. The monoisotopic (exact) mass is 396 g/mol. The van der Waals surface area contributed by atoms with Gasteiger partial charge in [-0.3, -0.25) is 9.52 Å². The van der Waals surface area contributed by atoms with Crippen LogP contribution in [-0.4, -0.2) is 46.5 Å². The van der Waals surface area contributed by atoms with Crippen LogP contribution >= 0.6 is 11.6 Å². The topological polar surface area (TPSA) is 84.9 Å². The van der Waals surface area contributed by atoms with Crippen LogP contribution in [0.2, 0.25) is 5.02 Å². The van der Waals surface area contributed by atoms with E-state index in [1.807, 2.05) is 0 Å². The van der Waals surface area contributed by atoms with Gasteiger partial charge in [0.2, 0.25) is 0 Å². The minimum atomic E-state index is -3.88. The maximum atomic E-state index is 12.6. The third-order valence-corrected chi connectivity index (χ3v) is 5.60. The first-order chi connectivity index (χ1) is 12.3. The normalized spacial score (nSPS) is 14.3. The lowest BCUT2D eigenvalue weighted by Crippen LogP contribution is -2.27. The van der Waals surface area contributed by atoms with Crippen LogP contribution < -0.4 is 14.2 Å². The Balaban J connectivity index is 1.92. The van der Waals surface area contributed by atoms with Crippen LogP contribution in [0.5, 0.6) is 11.5 Å². The van der Waals surface area contributed by atoms with Gasteiger partial charge in [-0.05, 0) is 36.4 Å². The van der Waals surface area contributed by atoms with Gasteiger partial charge in [0.25, 0.3) is 15.9 Å². The van der Waals surface area contributed by atoms with Gasteiger partial charge < -0.3 is 14.4 Å². The first-order valence-electron chi connectivity index (χ1n) is 7.70. The number of carbonyl (C=O) groups excluding carboxylic acids is 1. The van der Waals surface area contributed by atoms with Crippen molar-refractivity contribution in [2.75, 3.05) is 32.0 Å². The summed E-state index contributed by atoms with van der Waals surface area (Å²) in [5.41, 5.74) is 0.556. The molecule has 3 rings (SSSR count). The molecule has 0 aliphatic carbocycles. The molecule has 1 aliphatic rings. The second-order valence-electron chi connectivity index (χ2n) is 5.69. The number of methoxy groups -OCH3 is 1. The number of likely N-dealkylation sites (N-methyl/N-ethyl adjacent to an activating group) is 1. The summed E-state index contributed by atoms with van der Waals surface area (Å²) < 4.78 is 38.2. The molecule has 0 fully saturated rings. The Hall–Kier alpha value is -2.45. The lowest BCUT2D eigenvalue weighted by atomic mass is 10.1. The van der Waals surface area contributed by atoms with E-state index >= 15 is 0 Å². The molecule has 0 saturated carbocycles. The van der Waals surface area contributed by atoms with Crippen molar-refractivity contribution in [1.29, 1.82) is 0 Å². The van der Waals surface area contributed by atoms with Crippen LogP contribution in [0.25, 0.3) is 0 Å². The van der Waals surface area contributed by atoms with Crippen molar-refractivity contribution in [3.05, 3.63) is 47.0 Å². The van der Waals surface area contributed by atoms with Gasteiger partial charge in [-0.25, -0.2) is 8.42 Å². The molecule has 1 amide bonds. The third kappa shape index (κ3) is 3.56. The van der Waals surface area contributed by atoms with Crippen LogP contribution in [0.4, 0.5) is 5.69 Å². The number of benzene rings is 2. The molecule has 0 saturated heterocycles. The van der Waals surface area contributed by atoms with Gasteiger partial charge in [0.05, 0.1) is 29.1 Å². The van der Waals surface area contributed by atoms with Crippen molar-refractivity contribution >= 4 is 33.2 Å². The van der Waals surface area contributed by atoms with Gasteiger partial charge in [-0.1, -0.05) is 11.6 Å². The number of anilines is 1. The van der Waals surface area contributed by atoms with Crippen molar-refractivity contribution in [2.24, 2.45) is 0 Å². The van der Waals surface area contributed by atoms with Gasteiger partial charge in [-0.2, -0.15) is 0 Å². The van der Waals surface area contributed by atoms with E-state index in [0.717, 1.165) is 0 Å². The zero-order valence-corrected chi connectivity index (χ0v) is 15.7. The van der Waals surface area contributed by atoms with Gasteiger partial charge >= 0.3 is 0 Å². The van der Waals surface area contributed by atoms with Crippen molar-refractivity contribution < 1.29 is 22.7 Å². The van der Waals surface area contributed by atoms with E-state index in [9.17, 15) is 13.2 Å². The second-order valence-corrected chi connectivity index (χ2v) is 7.78. The quantitative estimate of drug-likeness (QED) is 0.858. The lowest BCUT2D eigenvalue weighted by molar-refractivity contribution is 0.0796. The lowest BCUT2D eigenvalue weighted by Gasteiger charge is -2.14. The number of halogens is 1. The highest BCUT2D eigenvalue weighted by Gasteiger charge is 2.23. The van der Waals surface area contributed by atoms with E-state index < -0.39 is 10.0 Å². The average Bonchev–Trinajstić information content (AvgIpc) is 2.74. The predicted molar refractivity (Wildman–Crippen MR) is 97.7 cm³/mol. The molecule has 9 heteroatoms. The summed E-state index contributed by atoms with van der Waals surface area (Å²) in [5.74, 6) is 0.572. The summed E-state index contributed by atoms with van der Waals surface area (Å²) in [4.78, 5) is 13.9. The fourth-order valence-electron chi connectivity index (χ4n) is 2.51. The van der Waals surface area contributed by atoms with Gasteiger partial charge in [-0.15, -0.1) is 0 Å². The van der Waals surface area contributed by atoms with Gasteiger partial charge in [0, 0.05) is 12.7 Å². The zero-order chi connectivity index (χ0) is 18.9. The van der Waals surface area contributed by atoms with E-state index in [0.29, 0.717) is 30.2 Å². The molecule has 26 heavy (non-hydrogen) atoms. The molecule has 0 atom stereocenters. The Morgan fingerprint density at radius 2 is 2.00 bits per heavy atom. The molecule has 0 spiro atoms. The summed E-state index contributed by atoms with van der Waals surface area (Å²) in [6, 6.07) is 8.74. The van der Waals surface area contributed by atoms with Crippen LogP contribution in [0.3, 0.4) is 0 Å². The molecular formula is C17H17ClN2O5S. The largest absolute Gasteiger partial charge is 0.495 e. The Kier molecular flexibility index (Phi) is 4.97. The molecule has 138 valence electrons. The van der Waals surface area contributed by atoms with Crippen LogP contribution in [-0.2, 0) is 10.0 Å². The Morgan fingerprint density at radius 1 is 1.23 bits per heavy atom. The minimum Gasteiger partial charge on any atom is -0.495 e. The summed E-state index contributed by atoms with van der Waals surface area (Å²) in [5, 5.41) is 0.183. The second kappa shape index (κ2) is 7.05.